The number of hydrogen-bond acceptors (Lipinski definition) is 3. The first-order valence-corrected chi connectivity index (χ1v) is 6.64. The summed E-state index contributed by atoms with van der Waals surface area (Å²) in [4.78, 5) is 22.8. The summed E-state index contributed by atoms with van der Waals surface area (Å²) in [7, 11) is 0. The minimum absolute atomic E-state index is 0.107. The zero-order valence-electron chi connectivity index (χ0n) is 10.8. The molecule has 0 aliphatic heterocycles. The van der Waals surface area contributed by atoms with Crippen LogP contribution in [0.4, 0.5) is 4.39 Å². The van der Waals surface area contributed by atoms with Gasteiger partial charge in [-0.1, -0.05) is 22.9 Å². The van der Waals surface area contributed by atoms with E-state index in [1.807, 2.05) is 6.92 Å². The van der Waals surface area contributed by atoms with Crippen molar-refractivity contribution in [2.45, 2.75) is 20.3 Å². The van der Waals surface area contributed by atoms with Crippen LogP contribution in [0.3, 0.4) is 0 Å². The van der Waals surface area contributed by atoms with E-state index in [-0.39, 0.29) is 29.6 Å². The summed E-state index contributed by atoms with van der Waals surface area (Å²) in [5.41, 5.74) is 0.107. The lowest BCUT2D eigenvalue weighted by Gasteiger charge is -2.11. The SMILES string of the molecule is CCCNC(=O)COc1c(F)cc(Br)cc1C(C)=O. The molecule has 0 bridgehead atoms. The van der Waals surface area contributed by atoms with E-state index in [0.29, 0.717) is 11.0 Å². The third-order valence-corrected chi connectivity index (χ3v) is 2.77. The molecule has 0 radical (unpaired) electrons. The highest BCUT2D eigenvalue weighted by Gasteiger charge is 2.16. The fourth-order valence-corrected chi connectivity index (χ4v) is 1.85. The maximum atomic E-state index is 13.7. The summed E-state index contributed by atoms with van der Waals surface area (Å²) in [6, 6.07) is 2.65. The second-order valence-corrected chi connectivity index (χ2v) is 4.87. The third-order valence-electron chi connectivity index (χ3n) is 2.31. The van der Waals surface area contributed by atoms with Crippen LogP contribution in [0.25, 0.3) is 0 Å². The van der Waals surface area contributed by atoms with Gasteiger partial charge in [0.1, 0.15) is 0 Å². The Labute approximate surface area is 119 Å². The first-order valence-electron chi connectivity index (χ1n) is 5.85. The lowest BCUT2D eigenvalue weighted by Crippen LogP contribution is -2.29. The van der Waals surface area contributed by atoms with Gasteiger partial charge in [-0.05, 0) is 25.5 Å². The molecule has 0 aliphatic rings. The summed E-state index contributed by atoms with van der Waals surface area (Å²) >= 11 is 3.10. The molecule has 0 fully saturated rings. The normalized spacial score (nSPS) is 10.1. The number of Topliss-reactive ketones (excluding diaryl/α,β-unsaturated/α-hetero) is 1. The average Bonchev–Trinajstić information content (AvgIpc) is 2.34. The van der Waals surface area contributed by atoms with E-state index in [0.717, 1.165) is 6.42 Å². The Kier molecular flexibility index (Phi) is 5.95. The van der Waals surface area contributed by atoms with Crippen LogP contribution >= 0.6 is 15.9 Å². The van der Waals surface area contributed by atoms with Gasteiger partial charge in [0, 0.05) is 11.0 Å². The standard InChI is InChI=1S/C13H15BrFNO3/c1-3-4-16-12(18)7-19-13-10(8(2)17)5-9(14)6-11(13)15/h5-6H,3-4,7H2,1-2H3,(H,16,18). The van der Waals surface area contributed by atoms with Crippen LogP contribution in [0.5, 0.6) is 5.75 Å². The van der Waals surface area contributed by atoms with Crippen molar-refractivity contribution >= 4 is 27.6 Å². The van der Waals surface area contributed by atoms with Gasteiger partial charge in [-0.15, -0.1) is 0 Å². The zero-order chi connectivity index (χ0) is 14.4. The van der Waals surface area contributed by atoms with E-state index in [1.165, 1.54) is 19.1 Å². The molecule has 0 heterocycles. The quantitative estimate of drug-likeness (QED) is 0.815. The van der Waals surface area contributed by atoms with Crippen molar-refractivity contribution in [1.29, 1.82) is 0 Å². The third kappa shape index (κ3) is 4.63. The molecule has 1 N–H and O–H groups in total. The highest BCUT2D eigenvalue weighted by atomic mass is 79.9. The number of carbonyl (C=O) groups is 2. The van der Waals surface area contributed by atoms with Gasteiger partial charge in [0.2, 0.25) is 0 Å². The predicted molar refractivity (Wildman–Crippen MR) is 72.9 cm³/mol. The van der Waals surface area contributed by atoms with Crippen LogP contribution in [0, 0.1) is 5.82 Å². The maximum absolute atomic E-state index is 13.7. The predicted octanol–water partition coefficient (Wildman–Crippen LogP) is 2.70. The van der Waals surface area contributed by atoms with Crippen LogP contribution in [0.1, 0.15) is 30.6 Å². The van der Waals surface area contributed by atoms with Gasteiger partial charge < -0.3 is 10.1 Å². The number of rotatable bonds is 6. The number of ketones is 1. The molecule has 104 valence electrons. The Morgan fingerprint density at radius 2 is 2.11 bits per heavy atom. The number of ether oxygens (including phenoxy) is 1. The van der Waals surface area contributed by atoms with E-state index in [4.69, 9.17) is 4.74 Å². The molecule has 0 saturated heterocycles. The van der Waals surface area contributed by atoms with Gasteiger partial charge in [-0.3, -0.25) is 9.59 Å². The smallest absolute Gasteiger partial charge is 0.257 e. The fourth-order valence-electron chi connectivity index (χ4n) is 1.42. The minimum Gasteiger partial charge on any atom is -0.480 e. The molecule has 1 rings (SSSR count). The van der Waals surface area contributed by atoms with Gasteiger partial charge in [-0.25, -0.2) is 4.39 Å². The molecule has 19 heavy (non-hydrogen) atoms. The Morgan fingerprint density at radius 3 is 2.68 bits per heavy atom. The number of carbonyl (C=O) groups excluding carboxylic acids is 2. The largest absolute Gasteiger partial charge is 0.480 e. The van der Waals surface area contributed by atoms with Crippen molar-refractivity contribution in [3.8, 4) is 5.75 Å². The molecule has 1 amide bonds. The van der Waals surface area contributed by atoms with E-state index >= 15 is 0 Å². The highest BCUT2D eigenvalue weighted by molar-refractivity contribution is 9.10. The summed E-state index contributed by atoms with van der Waals surface area (Å²) in [5, 5.41) is 2.60. The van der Waals surface area contributed by atoms with Crippen LogP contribution in [0.15, 0.2) is 16.6 Å². The van der Waals surface area contributed by atoms with Gasteiger partial charge in [0.25, 0.3) is 5.91 Å². The molecule has 1 aromatic rings. The number of hydrogen-bond donors (Lipinski definition) is 1. The lowest BCUT2D eigenvalue weighted by molar-refractivity contribution is -0.123. The Balaban J connectivity index is 2.83. The summed E-state index contributed by atoms with van der Waals surface area (Å²) in [6.07, 6.45) is 0.803. The Morgan fingerprint density at radius 1 is 1.42 bits per heavy atom. The van der Waals surface area contributed by atoms with Crippen LogP contribution in [0.2, 0.25) is 0 Å². The second kappa shape index (κ2) is 7.23. The first-order chi connectivity index (χ1) is 8.95. The van der Waals surface area contributed by atoms with E-state index in [2.05, 4.69) is 21.2 Å². The van der Waals surface area contributed by atoms with Crippen molar-refractivity contribution in [1.82, 2.24) is 5.32 Å². The molecule has 1 aromatic carbocycles. The maximum Gasteiger partial charge on any atom is 0.257 e. The van der Waals surface area contributed by atoms with Crippen molar-refractivity contribution in [2.24, 2.45) is 0 Å². The van der Waals surface area contributed by atoms with E-state index in [9.17, 15) is 14.0 Å². The van der Waals surface area contributed by atoms with Crippen molar-refractivity contribution in [2.75, 3.05) is 13.2 Å². The van der Waals surface area contributed by atoms with Crippen LogP contribution < -0.4 is 10.1 Å². The van der Waals surface area contributed by atoms with Crippen molar-refractivity contribution < 1.29 is 18.7 Å². The average molecular weight is 332 g/mol. The Hall–Kier alpha value is -1.43. The molecular weight excluding hydrogens is 317 g/mol. The lowest BCUT2D eigenvalue weighted by atomic mass is 10.1. The molecule has 0 atom stereocenters. The first kappa shape index (κ1) is 15.6. The highest BCUT2D eigenvalue weighted by Crippen LogP contribution is 2.27. The summed E-state index contributed by atoms with van der Waals surface area (Å²) in [6.45, 7) is 3.44. The number of nitrogens with one attached hydrogen (secondary N) is 1. The molecule has 0 aliphatic carbocycles. The number of amides is 1. The van der Waals surface area contributed by atoms with E-state index in [1.54, 1.807) is 0 Å². The number of halogens is 2. The van der Waals surface area contributed by atoms with Gasteiger partial charge in [-0.2, -0.15) is 0 Å². The van der Waals surface area contributed by atoms with Crippen LogP contribution in [-0.4, -0.2) is 24.8 Å². The topological polar surface area (TPSA) is 55.4 Å². The molecule has 0 aromatic heterocycles. The monoisotopic (exact) mass is 331 g/mol. The molecule has 0 unspecified atom stereocenters. The van der Waals surface area contributed by atoms with Crippen molar-refractivity contribution in [3.63, 3.8) is 0 Å². The molecular formula is C13H15BrFNO3. The minimum atomic E-state index is -0.678. The molecule has 0 saturated carbocycles. The Bertz CT molecular complexity index is 491. The molecule has 4 nitrogen and oxygen atoms in total. The van der Waals surface area contributed by atoms with Gasteiger partial charge >= 0.3 is 0 Å². The van der Waals surface area contributed by atoms with Crippen LogP contribution in [-0.2, 0) is 4.79 Å². The van der Waals surface area contributed by atoms with Gasteiger partial charge in [0.15, 0.2) is 24.0 Å². The molecule has 0 spiro atoms. The number of benzene rings is 1. The van der Waals surface area contributed by atoms with E-state index < -0.39 is 5.82 Å². The fraction of sp³-hybridized carbons (Fsp3) is 0.385. The zero-order valence-corrected chi connectivity index (χ0v) is 12.3. The summed E-state index contributed by atoms with van der Waals surface area (Å²) < 4.78 is 19.3. The summed E-state index contributed by atoms with van der Waals surface area (Å²) in [5.74, 6) is -1.55. The molecule has 6 heteroatoms. The van der Waals surface area contributed by atoms with Gasteiger partial charge in [0.05, 0.1) is 5.56 Å². The van der Waals surface area contributed by atoms with Crippen molar-refractivity contribution in [3.05, 3.63) is 28.0 Å². The second-order valence-electron chi connectivity index (χ2n) is 3.96.